The molecule has 1 aromatic carbocycles. The van der Waals surface area contributed by atoms with Crippen LogP contribution >= 0.6 is 0 Å². The zero-order valence-corrected chi connectivity index (χ0v) is 13.1. The molecule has 1 aliphatic heterocycles. The SMILES string of the molecule is CON(C)C(=O)c1ccc(N2CCCC(C)C2)c([N+](=O)[O-])c1. The van der Waals surface area contributed by atoms with E-state index in [2.05, 4.69) is 6.92 Å². The molecule has 0 aromatic heterocycles. The van der Waals surface area contributed by atoms with Gasteiger partial charge in [0.2, 0.25) is 0 Å². The van der Waals surface area contributed by atoms with Crippen molar-refractivity contribution >= 4 is 17.3 Å². The van der Waals surface area contributed by atoms with E-state index in [-0.39, 0.29) is 11.3 Å². The van der Waals surface area contributed by atoms with Gasteiger partial charge in [-0.05, 0) is 30.9 Å². The molecule has 7 heteroatoms. The Morgan fingerprint density at radius 2 is 2.23 bits per heavy atom. The lowest BCUT2D eigenvalue weighted by molar-refractivity contribution is -0.384. The van der Waals surface area contributed by atoms with Crippen molar-refractivity contribution in [1.29, 1.82) is 0 Å². The summed E-state index contributed by atoms with van der Waals surface area (Å²) in [6.07, 6.45) is 2.16. The maximum absolute atomic E-state index is 12.1. The monoisotopic (exact) mass is 307 g/mol. The summed E-state index contributed by atoms with van der Waals surface area (Å²) in [4.78, 5) is 29.9. The molecule has 1 fully saturated rings. The number of carbonyl (C=O) groups excluding carboxylic acids is 1. The summed E-state index contributed by atoms with van der Waals surface area (Å²) in [5, 5.41) is 12.4. The smallest absolute Gasteiger partial charge is 0.293 e. The normalized spacial score (nSPS) is 18.1. The minimum Gasteiger partial charge on any atom is -0.366 e. The van der Waals surface area contributed by atoms with Gasteiger partial charge in [0.25, 0.3) is 11.6 Å². The number of rotatable bonds is 4. The third kappa shape index (κ3) is 3.36. The first-order chi connectivity index (χ1) is 10.4. The zero-order valence-electron chi connectivity index (χ0n) is 13.1. The lowest BCUT2D eigenvalue weighted by Crippen LogP contribution is -2.34. The van der Waals surface area contributed by atoms with E-state index in [1.54, 1.807) is 12.1 Å². The second kappa shape index (κ2) is 6.74. The highest BCUT2D eigenvalue weighted by atomic mass is 16.7. The number of hydrogen-bond acceptors (Lipinski definition) is 5. The number of hydrogen-bond donors (Lipinski definition) is 0. The van der Waals surface area contributed by atoms with Gasteiger partial charge in [-0.15, -0.1) is 0 Å². The highest BCUT2D eigenvalue weighted by Gasteiger charge is 2.25. The van der Waals surface area contributed by atoms with Crippen molar-refractivity contribution in [1.82, 2.24) is 5.06 Å². The number of hydroxylamine groups is 2. The number of nitrogens with zero attached hydrogens (tertiary/aromatic N) is 3. The first-order valence-electron chi connectivity index (χ1n) is 7.29. The van der Waals surface area contributed by atoms with Crippen molar-refractivity contribution in [2.24, 2.45) is 5.92 Å². The molecule has 1 amide bonds. The van der Waals surface area contributed by atoms with Crippen molar-refractivity contribution in [3.8, 4) is 0 Å². The number of anilines is 1. The number of amides is 1. The summed E-state index contributed by atoms with van der Waals surface area (Å²) in [6.45, 7) is 3.74. The third-order valence-electron chi connectivity index (χ3n) is 3.98. The second-order valence-corrected chi connectivity index (χ2v) is 5.64. The first-order valence-corrected chi connectivity index (χ1v) is 7.29. The van der Waals surface area contributed by atoms with Gasteiger partial charge in [0.1, 0.15) is 5.69 Å². The van der Waals surface area contributed by atoms with Crippen LogP contribution in [0.2, 0.25) is 0 Å². The van der Waals surface area contributed by atoms with Crippen molar-refractivity contribution in [3.05, 3.63) is 33.9 Å². The Balaban J connectivity index is 2.35. The van der Waals surface area contributed by atoms with Gasteiger partial charge in [0.15, 0.2) is 0 Å². The molecule has 0 bridgehead atoms. The Morgan fingerprint density at radius 3 is 2.82 bits per heavy atom. The number of nitro benzene ring substituents is 1. The van der Waals surface area contributed by atoms with Crippen LogP contribution in [0.5, 0.6) is 0 Å². The molecule has 0 spiro atoms. The maximum atomic E-state index is 12.1. The Bertz CT molecular complexity index is 576. The number of piperidine rings is 1. The highest BCUT2D eigenvalue weighted by molar-refractivity contribution is 5.95. The van der Waals surface area contributed by atoms with E-state index in [1.807, 2.05) is 4.90 Å². The molecule has 7 nitrogen and oxygen atoms in total. The van der Waals surface area contributed by atoms with Gasteiger partial charge in [-0.3, -0.25) is 19.7 Å². The van der Waals surface area contributed by atoms with Gasteiger partial charge >= 0.3 is 0 Å². The van der Waals surface area contributed by atoms with Gasteiger partial charge in [-0.1, -0.05) is 6.92 Å². The van der Waals surface area contributed by atoms with Gasteiger partial charge in [-0.2, -0.15) is 0 Å². The van der Waals surface area contributed by atoms with Crippen molar-refractivity contribution in [3.63, 3.8) is 0 Å². The zero-order chi connectivity index (χ0) is 16.3. The molecular weight excluding hydrogens is 286 g/mol. The molecule has 1 saturated heterocycles. The van der Waals surface area contributed by atoms with Crippen LogP contribution in [0.25, 0.3) is 0 Å². The maximum Gasteiger partial charge on any atom is 0.293 e. The molecule has 0 radical (unpaired) electrons. The Morgan fingerprint density at radius 1 is 1.50 bits per heavy atom. The van der Waals surface area contributed by atoms with Crippen LogP contribution in [-0.2, 0) is 4.84 Å². The predicted molar refractivity (Wildman–Crippen MR) is 82.8 cm³/mol. The predicted octanol–water partition coefficient (Wildman–Crippen LogP) is 2.46. The van der Waals surface area contributed by atoms with Crippen molar-refractivity contribution in [2.45, 2.75) is 19.8 Å². The lowest BCUT2D eigenvalue weighted by Gasteiger charge is -2.32. The summed E-state index contributed by atoms with van der Waals surface area (Å²) >= 11 is 0. The van der Waals surface area contributed by atoms with Gasteiger partial charge in [0, 0.05) is 31.8 Å². The molecular formula is C15H21N3O4. The van der Waals surface area contributed by atoms with E-state index < -0.39 is 10.8 Å². The standard InChI is InChI=1S/C15H21N3O4/c1-11-5-4-8-17(10-11)13-7-6-12(9-14(13)18(20)21)15(19)16(2)22-3/h6-7,9,11H,4-5,8,10H2,1-3H3. The summed E-state index contributed by atoms with van der Waals surface area (Å²) in [5.74, 6) is 0.0958. The molecule has 0 saturated carbocycles. The molecule has 1 aliphatic rings. The molecule has 0 aliphatic carbocycles. The summed E-state index contributed by atoms with van der Waals surface area (Å²) < 4.78 is 0. The minimum atomic E-state index is -0.432. The average Bonchev–Trinajstić information content (AvgIpc) is 2.52. The third-order valence-corrected chi connectivity index (χ3v) is 3.98. The van der Waals surface area contributed by atoms with Crippen LogP contribution in [0.1, 0.15) is 30.1 Å². The number of nitro groups is 1. The van der Waals surface area contributed by atoms with Crippen LogP contribution in [0, 0.1) is 16.0 Å². The minimum absolute atomic E-state index is 0.0375. The summed E-state index contributed by atoms with van der Waals surface area (Å²) in [7, 11) is 2.84. The van der Waals surface area contributed by atoms with Crippen LogP contribution < -0.4 is 4.90 Å². The fourth-order valence-electron chi connectivity index (χ4n) is 2.74. The number of benzene rings is 1. The Kier molecular flexibility index (Phi) is 4.97. The molecule has 0 N–H and O–H groups in total. The molecule has 120 valence electrons. The van der Waals surface area contributed by atoms with E-state index >= 15 is 0 Å². The van der Waals surface area contributed by atoms with E-state index in [1.165, 1.54) is 20.2 Å². The van der Waals surface area contributed by atoms with Crippen molar-refractivity contribution < 1.29 is 14.6 Å². The average molecular weight is 307 g/mol. The largest absolute Gasteiger partial charge is 0.366 e. The number of carbonyl (C=O) groups is 1. The van der Waals surface area contributed by atoms with E-state index in [4.69, 9.17) is 4.84 Å². The Labute approximate surface area is 129 Å². The van der Waals surface area contributed by atoms with E-state index in [9.17, 15) is 14.9 Å². The van der Waals surface area contributed by atoms with Crippen molar-refractivity contribution in [2.75, 3.05) is 32.1 Å². The van der Waals surface area contributed by atoms with Crippen LogP contribution in [0.15, 0.2) is 18.2 Å². The first kappa shape index (κ1) is 16.2. The molecule has 1 heterocycles. The fourth-order valence-corrected chi connectivity index (χ4v) is 2.74. The lowest BCUT2D eigenvalue weighted by atomic mass is 9.99. The van der Waals surface area contributed by atoms with Gasteiger partial charge in [0.05, 0.1) is 12.0 Å². The van der Waals surface area contributed by atoms with Crippen LogP contribution in [0.4, 0.5) is 11.4 Å². The molecule has 22 heavy (non-hydrogen) atoms. The molecule has 1 atom stereocenters. The van der Waals surface area contributed by atoms with Crippen LogP contribution in [0.3, 0.4) is 0 Å². The quantitative estimate of drug-likeness (QED) is 0.631. The van der Waals surface area contributed by atoms with Gasteiger partial charge < -0.3 is 4.90 Å². The van der Waals surface area contributed by atoms with Crippen LogP contribution in [-0.4, -0.2) is 43.1 Å². The summed E-state index contributed by atoms with van der Waals surface area (Å²) in [6, 6.07) is 4.60. The van der Waals surface area contributed by atoms with E-state index in [0.29, 0.717) is 11.6 Å². The van der Waals surface area contributed by atoms with Gasteiger partial charge in [-0.25, -0.2) is 5.06 Å². The topological polar surface area (TPSA) is 75.9 Å². The molecule has 1 unspecified atom stereocenters. The van der Waals surface area contributed by atoms with E-state index in [0.717, 1.165) is 31.0 Å². The summed E-state index contributed by atoms with van der Waals surface area (Å²) in [5.41, 5.74) is 0.780. The highest BCUT2D eigenvalue weighted by Crippen LogP contribution is 2.32. The molecule has 2 rings (SSSR count). The Hall–Kier alpha value is -2.15. The molecule has 1 aromatic rings. The fraction of sp³-hybridized carbons (Fsp3) is 0.533. The second-order valence-electron chi connectivity index (χ2n) is 5.64.